The number of rotatable bonds is 4. The zero-order valence-corrected chi connectivity index (χ0v) is 11.3. The van der Waals surface area contributed by atoms with Gasteiger partial charge in [0.15, 0.2) is 0 Å². The van der Waals surface area contributed by atoms with E-state index in [1.165, 1.54) is 12.1 Å². The van der Waals surface area contributed by atoms with Crippen molar-refractivity contribution in [3.8, 4) is 0 Å². The highest BCUT2D eigenvalue weighted by molar-refractivity contribution is 6.17. The maximum absolute atomic E-state index is 12.7. The summed E-state index contributed by atoms with van der Waals surface area (Å²) >= 11 is 5.56. The van der Waals surface area contributed by atoms with Gasteiger partial charge in [-0.15, -0.1) is 11.6 Å². The standard InChI is InChI=1S/C13H16ClFN2O2/c14-5-8-19-11-3-6-17(7-4-11)13(18)12-2-1-10(15)9-16-12/h1-2,9,11H,3-8H2. The second kappa shape index (κ2) is 6.82. The molecule has 0 saturated carbocycles. The van der Waals surface area contributed by atoms with Crippen molar-refractivity contribution >= 4 is 17.5 Å². The van der Waals surface area contributed by atoms with Gasteiger partial charge in [0.05, 0.1) is 18.9 Å². The molecule has 0 bridgehead atoms. The summed E-state index contributed by atoms with van der Waals surface area (Å²) in [5.41, 5.74) is 0.279. The third kappa shape index (κ3) is 3.88. The number of hydrogen-bond donors (Lipinski definition) is 0. The van der Waals surface area contributed by atoms with Gasteiger partial charge in [-0.05, 0) is 25.0 Å². The van der Waals surface area contributed by atoms with Gasteiger partial charge in [-0.3, -0.25) is 4.79 Å². The predicted octanol–water partition coefficient (Wildman–Crippen LogP) is 2.08. The molecule has 1 aromatic rings. The lowest BCUT2D eigenvalue weighted by Gasteiger charge is -2.31. The number of halogens is 2. The van der Waals surface area contributed by atoms with E-state index in [1.807, 2.05) is 0 Å². The van der Waals surface area contributed by atoms with Gasteiger partial charge in [0, 0.05) is 19.0 Å². The number of nitrogens with zero attached hydrogens (tertiary/aromatic N) is 2. The Morgan fingerprint density at radius 3 is 2.79 bits per heavy atom. The van der Waals surface area contributed by atoms with Crippen molar-refractivity contribution in [2.75, 3.05) is 25.6 Å². The first-order valence-corrected chi connectivity index (χ1v) is 6.82. The SMILES string of the molecule is O=C(c1ccc(F)cn1)N1CCC(OCCCl)CC1. The second-order valence-corrected chi connectivity index (χ2v) is 4.79. The quantitative estimate of drug-likeness (QED) is 0.796. The molecule has 0 radical (unpaired) electrons. The fourth-order valence-corrected chi connectivity index (χ4v) is 2.19. The Morgan fingerprint density at radius 2 is 2.21 bits per heavy atom. The Hall–Kier alpha value is -1.20. The van der Waals surface area contributed by atoms with Crippen molar-refractivity contribution in [2.45, 2.75) is 18.9 Å². The van der Waals surface area contributed by atoms with E-state index < -0.39 is 5.82 Å². The predicted molar refractivity (Wildman–Crippen MR) is 69.8 cm³/mol. The number of aromatic nitrogens is 1. The molecule has 2 rings (SSSR count). The maximum atomic E-state index is 12.7. The zero-order valence-electron chi connectivity index (χ0n) is 10.5. The van der Waals surface area contributed by atoms with Crippen molar-refractivity contribution in [3.63, 3.8) is 0 Å². The lowest BCUT2D eigenvalue weighted by Crippen LogP contribution is -2.41. The zero-order chi connectivity index (χ0) is 13.7. The summed E-state index contributed by atoms with van der Waals surface area (Å²) in [5, 5.41) is 0. The molecule has 1 saturated heterocycles. The minimum Gasteiger partial charge on any atom is -0.377 e. The third-order valence-corrected chi connectivity index (χ3v) is 3.26. The average Bonchev–Trinajstić information content (AvgIpc) is 2.46. The van der Waals surface area contributed by atoms with Crippen LogP contribution in [0.25, 0.3) is 0 Å². The number of alkyl halides is 1. The topological polar surface area (TPSA) is 42.4 Å². The summed E-state index contributed by atoms with van der Waals surface area (Å²) in [6.45, 7) is 1.80. The van der Waals surface area contributed by atoms with Crippen LogP contribution < -0.4 is 0 Å². The summed E-state index contributed by atoms with van der Waals surface area (Å²) in [7, 11) is 0. The Morgan fingerprint density at radius 1 is 1.47 bits per heavy atom. The number of piperidine rings is 1. The van der Waals surface area contributed by atoms with Gasteiger partial charge in [0.25, 0.3) is 5.91 Å². The highest BCUT2D eigenvalue weighted by Gasteiger charge is 2.24. The van der Waals surface area contributed by atoms with Crippen molar-refractivity contribution in [2.24, 2.45) is 0 Å². The average molecular weight is 287 g/mol. The Labute approximate surface area is 116 Å². The first kappa shape index (κ1) is 14.2. The van der Waals surface area contributed by atoms with Crippen LogP contribution in [-0.4, -0.2) is 47.5 Å². The van der Waals surface area contributed by atoms with Crippen molar-refractivity contribution in [1.82, 2.24) is 9.88 Å². The summed E-state index contributed by atoms with van der Waals surface area (Å²) < 4.78 is 18.3. The molecular weight excluding hydrogens is 271 g/mol. The number of carbonyl (C=O) groups excluding carboxylic acids is 1. The van der Waals surface area contributed by atoms with E-state index in [0.717, 1.165) is 19.0 Å². The van der Waals surface area contributed by atoms with Gasteiger partial charge in [-0.25, -0.2) is 9.37 Å². The molecule has 0 aromatic carbocycles. The molecule has 104 valence electrons. The Bertz CT molecular complexity index is 419. The molecule has 0 unspecified atom stereocenters. The molecular formula is C13H16ClFN2O2. The van der Waals surface area contributed by atoms with Crippen LogP contribution in [0.1, 0.15) is 23.3 Å². The lowest BCUT2D eigenvalue weighted by molar-refractivity contribution is 0.0152. The maximum Gasteiger partial charge on any atom is 0.272 e. The van der Waals surface area contributed by atoms with Crippen molar-refractivity contribution < 1.29 is 13.9 Å². The first-order valence-electron chi connectivity index (χ1n) is 6.29. The minimum atomic E-state index is -0.440. The number of pyridine rings is 1. The molecule has 1 aliphatic rings. The molecule has 1 aliphatic heterocycles. The number of ether oxygens (including phenoxy) is 1. The summed E-state index contributed by atoms with van der Waals surface area (Å²) in [6.07, 6.45) is 2.82. The van der Waals surface area contributed by atoms with Gasteiger partial charge in [0.2, 0.25) is 0 Å². The molecule has 1 fully saturated rings. The summed E-state index contributed by atoms with van der Waals surface area (Å²) in [4.78, 5) is 17.6. The molecule has 0 N–H and O–H groups in total. The van der Waals surface area contributed by atoms with Crippen LogP contribution >= 0.6 is 11.6 Å². The largest absolute Gasteiger partial charge is 0.377 e. The van der Waals surface area contributed by atoms with Gasteiger partial charge in [0.1, 0.15) is 11.5 Å². The molecule has 0 atom stereocenters. The first-order chi connectivity index (χ1) is 9.20. The number of likely N-dealkylation sites (tertiary alicyclic amines) is 1. The molecule has 0 spiro atoms. The van der Waals surface area contributed by atoms with Gasteiger partial charge >= 0.3 is 0 Å². The van der Waals surface area contributed by atoms with E-state index in [-0.39, 0.29) is 17.7 Å². The molecule has 2 heterocycles. The monoisotopic (exact) mass is 286 g/mol. The number of carbonyl (C=O) groups is 1. The molecule has 1 amide bonds. The molecule has 4 nitrogen and oxygen atoms in total. The van der Waals surface area contributed by atoms with Gasteiger partial charge in [-0.2, -0.15) is 0 Å². The Kier molecular flexibility index (Phi) is 5.10. The molecule has 19 heavy (non-hydrogen) atoms. The van der Waals surface area contributed by atoms with Crippen LogP contribution in [-0.2, 0) is 4.74 Å². The van der Waals surface area contributed by atoms with Crippen LogP contribution in [0.3, 0.4) is 0 Å². The van der Waals surface area contributed by atoms with Crippen LogP contribution in [0.4, 0.5) is 4.39 Å². The van der Waals surface area contributed by atoms with E-state index in [0.29, 0.717) is 25.6 Å². The normalized spacial score (nSPS) is 16.6. The van der Waals surface area contributed by atoms with E-state index in [9.17, 15) is 9.18 Å². The highest BCUT2D eigenvalue weighted by atomic mass is 35.5. The van der Waals surface area contributed by atoms with Crippen LogP contribution in [0, 0.1) is 5.82 Å². The van der Waals surface area contributed by atoms with E-state index in [1.54, 1.807) is 4.90 Å². The summed E-state index contributed by atoms with van der Waals surface area (Å²) in [6, 6.07) is 2.66. The van der Waals surface area contributed by atoms with E-state index in [2.05, 4.69) is 4.98 Å². The van der Waals surface area contributed by atoms with E-state index >= 15 is 0 Å². The van der Waals surface area contributed by atoms with Gasteiger partial charge in [-0.1, -0.05) is 0 Å². The lowest BCUT2D eigenvalue weighted by atomic mass is 10.1. The number of amides is 1. The second-order valence-electron chi connectivity index (χ2n) is 4.41. The van der Waals surface area contributed by atoms with Crippen molar-refractivity contribution in [3.05, 3.63) is 29.8 Å². The minimum absolute atomic E-state index is 0.157. The Balaban J connectivity index is 1.87. The fourth-order valence-electron chi connectivity index (χ4n) is 2.10. The van der Waals surface area contributed by atoms with Crippen LogP contribution in [0.2, 0.25) is 0 Å². The third-order valence-electron chi connectivity index (χ3n) is 3.11. The molecule has 0 aliphatic carbocycles. The van der Waals surface area contributed by atoms with Crippen LogP contribution in [0.15, 0.2) is 18.3 Å². The van der Waals surface area contributed by atoms with Gasteiger partial charge < -0.3 is 9.64 Å². The fraction of sp³-hybridized carbons (Fsp3) is 0.538. The smallest absolute Gasteiger partial charge is 0.272 e. The summed E-state index contributed by atoms with van der Waals surface area (Å²) in [5.74, 6) is -0.112. The van der Waals surface area contributed by atoms with Crippen molar-refractivity contribution in [1.29, 1.82) is 0 Å². The molecule has 1 aromatic heterocycles. The van der Waals surface area contributed by atoms with Crippen LogP contribution in [0.5, 0.6) is 0 Å². The highest BCUT2D eigenvalue weighted by Crippen LogP contribution is 2.15. The van der Waals surface area contributed by atoms with E-state index in [4.69, 9.17) is 16.3 Å². The number of hydrogen-bond acceptors (Lipinski definition) is 3. The molecule has 6 heteroatoms.